The molecule has 2 aromatic rings. The van der Waals surface area contributed by atoms with Crippen LogP contribution < -0.4 is 10.3 Å². The molecule has 0 saturated carbocycles. The highest BCUT2D eigenvalue weighted by molar-refractivity contribution is 7.98. The van der Waals surface area contributed by atoms with Gasteiger partial charge in [0.15, 0.2) is 11.4 Å². The second-order valence-electron chi connectivity index (χ2n) is 6.56. The van der Waals surface area contributed by atoms with E-state index in [4.69, 9.17) is 9.47 Å². The molecule has 0 amide bonds. The Morgan fingerprint density at radius 2 is 1.90 bits per heavy atom. The molecule has 3 rings (SSSR count). The van der Waals surface area contributed by atoms with E-state index in [0.29, 0.717) is 11.3 Å². The van der Waals surface area contributed by atoms with Gasteiger partial charge in [0.1, 0.15) is 41.8 Å². The Balaban J connectivity index is 2.29. The van der Waals surface area contributed by atoms with E-state index in [1.165, 1.54) is 11.7 Å². The van der Waals surface area contributed by atoms with E-state index in [9.17, 15) is 30.5 Å². The van der Waals surface area contributed by atoms with Gasteiger partial charge in [0.2, 0.25) is 0 Å². The van der Waals surface area contributed by atoms with Crippen molar-refractivity contribution < 1.29 is 29.9 Å². The zero-order valence-electron chi connectivity index (χ0n) is 16.2. The highest BCUT2D eigenvalue weighted by Crippen LogP contribution is 2.36. The first-order valence-corrected chi connectivity index (χ1v) is 10.2. The number of methoxy groups -OCH3 is 1. The lowest BCUT2D eigenvalue weighted by Crippen LogP contribution is -2.57. The molecule has 1 saturated heterocycles. The molecule has 0 unspecified atom stereocenters. The molecule has 5 atom stereocenters. The average Bonchev–Trinajstić information content (AvgIpc) is 2.77. The van der Waals surface area contributed by atoms with Gasteiger partial charge in [0.05, 0.1) is 19.4 Å². The lowest BCUT2D eigenvalue weighted by molar-refractivity contribution is -0.253. The van der Waals surface area contributed by atoms with Gasteiger partial charge in [-0.1, -0.05) is 11.8 Å². The Hall–Kier alpha value is -2.46. The smallest absolute Gasteiger partial charge is 0.292 e. The number of aliphatic hydroxyl groups excluding tert-OH is 4. The first-order chi connectivity index (χ1) is 14.4. The van der Waals surface area contributed by atoms with Crippen LogP contribution in [0.25, 0.3) is 11.3 Å². The maximum atomic E-state index is 12.5. The SMILES string of the molecule is COc1ccc(-c2c(C#N)c(=O)nc(SC)n2[C@@H]2O[C@H](CO)[C@@H](O)[C@H](O)[C@H]2O)cc1. The lowest BCUT2D eigenvalue weighted by atomic mass is 9.97. The van der Waals surface area contributed by atoms with Crippen LogP contribution in [0.1, 0.15) is 11.8 Å². The fourth-order valence-electron chi connectivity index (χ4n) is 3.32. The molecule has 30 heavy (non-hydrogen) atoms. The van der Waals surface area contributed by atoms with Gasteiger partial charge in [-0.05, 0) is 30.5 Å². The minimum Gasteiger partial charge on any atom is -0.497 e. The van der Waals surface area contributed by atoms with E-state index in [2.05, 4.69) is 4.98 Å². The summed E-state index contributed by atoms with van der Waals surface area (Å²) in [5.41, 5.74) is -0.476. The number of benzene rings is 1. The lowest BCUT2D eigenvalue weighted by Gasteiger charge is -2.42. The normalized spacial score (nSPS) is 26.2. The summed E-state index contributed by atoms with van der Waals surface area (Å²) in [5.74, 6) is 0.554. The Morgan fingerprint density at radius 1 is 1.23 bits per heavy atom. The number of ether oxygens (including phenoxy) is 2. The first-order valence-electron chi connectivity index (χ1n) is 8.93. The third-order valence-electron chi connectivity index (χ3n) is 4.87. The molecule has 11 heteroatoms. The molecular weight excluding hydrogens is 414 g/mol. The van der Waals surface area contributed by atoms with Crippen molar-refractivity contribution in [3.63, 3.8) is 0 Å². The summed E-state index contributed by atoms with van der Waals surface area (Å²) < 4.78 is 12.1. The molecule has 10 nitrogen and oxygen atoms in total. The Kier molecular flexibility index (Phi) is 6.77. The van der Waals surface area contributed by atoms with Crippen molar-refractivity contribution >= 4 is 11.8 Å². The van der Waals surface area contributed by atoms with Crippen molar-refractivity contribution in [1.29, 1.82) is 5.26 Å². The van der Waals surface area contributed by atoms with Gasteiger partial charge in [-0.25, -0.2) is 0 Å². The monoisotopic (exact) mass is 435 g/mol. The highest BCUT2D eigenvalue weighted by Gasteiger charge is 2.45. The molecule has 4 N–H and O–H groups in total. The van der Waals surface area contributed by atoms with Crippen LogP contribution in [0.3, 0.4) is 0 Å². The summed E-state index contributed by atoms with van der Waals surface area (Å²) in [4.78, 5) is 16.4. The Bertz CT molecular complexity index is 1000. The number of nitriles is 1. The van der Waals surface area contributed by atoms with E-state index >= 15 is 0 Å². The predicted octanol–water partition coefficient (Wildman–Crippen LogP) is -0.515. The molecular formula is C19H21N3O7S. The highest BCUT2D eigenvalue weighted by atomic mass is 32.2. The number of aromatic nitrogens is 2. The van der Waals surface area contributed by atoms with Gasteiger partial charge < -0.3 is 29.9 Å². The number of aliphatic hydroxyl groups is 4. The van der Waals surface area contributed by atoms with Crippen molar-refractivity contribution in [3.8, 4) is 23.1 Å². The molecule has 0 spiro atoms. The molecule has 0 aliphatic carbocycles. The second-order valence-corrected chi connectivity index (χ2v) is 7.33. The molecule has 2 heterocycles. The number of hydrogen-bond donors (Lipinski definition) is 4. The summed E-state index contributed by atoms with van der Waals surface area (Å²) in [5, 5.41) is 50.2. The van der Waals surface area contributed by atoms with E-state index in [1.807, 2.05) is 6.07 Å². The van der Waals surface area contributed by atoms with Crippen LogP contribution in [-0.2, 0) is 4.74 Å². The molecule has 1 fully saturated rings. The van der Waals surface area contributed by atoms with Gasteiger partial charge in [-0.2, -0.15) is 10.2 Å². The summed E-state index contributed by atoms with van der Waals surface area (Å²) in [6, 6.07) is 8.37. The van der Waals surface area contributed by atoms with Gasteiger partial charge >= 0.3 is 0 Å². The summed E-state index contributed by atoms with van der Waals surface area (Å²) in [7, 11) is 1.50. The van der Waals surface area contributed by atoms with E-state index in [1.54, 1.807) is 30.5 Å². The molecule has 160 valence electrons. The van der Waals surface area contributed by atoms with Crippen molar-refractivity contribution in [3.05, 3.63) is 40.2 Å². The van der Waals surface area contributed by atoms with Gasteiger partial charge in [-0.3, -0.25) is 9.36 Å². The number of hydrogen-bond acceptors (Lipinski definition) is 10. The average molecular weight is 435 g/mol. The van der Waals surface area contributed by atoms with Crippen LogP contribution in [0.4, 0.5) is 0 Å². The maximum Gasteiger partial charge on any atom is 0.292 e. The van der Waals surface area contributed by atoms with Crippen molar-refractivity contribution in [2.45, 2.75) is 35.8 Å². The fourth-order valence-corrected chi connectivity index (χ4v) is 3.89. The third kappa shape index (κ3) is 3.81. The van der Waals surface area contributed by atoms with Crippen LogP contribution in [0, 0.1) is 11.3 Å². The Labute approximate surface area is 175 Å². The van der Waals surface area contributed by atoms with Gasteiger partial charge in [0, 0.05) is 5.56 Å². The fraction of sp³-hybridized carbons (Fsp3) is 0.421. The van der Waals surface area contributed by atoms with Gasteiger partial charge in [0.25, 0.3) is 5.56 Å². The van der Waals surface area contributed by atoms with Crippen LogP contribution in [0.5, 0.6) is 5.75 Å². The van der Waals surface area contributed by atoms with E-state index < -0.39 is 42.8 Å². The molecule has 0 bridgehead atoms. The van der Waals surface area contributed by atoms with E-state index in [0.717, 1.165) is 11.8 Å². The summed E-state index contributed by atoms with van der Waals surface area (Å²) in [6.45, 7) is -0.618. The topological polar surface area (TPSA) is 158 Å². The van der Waals surface area contributed by atoms with Crippen molar-refractivity contribution in [1.82, 2.24) is 9.55 Å². The van der Waals surface area contributed by atoms with Crippen LogP contribution in [0.15, 0.2) is 34.2 Å². The number of thioether (sulfide) groups is 1. The summed E-state index contributed by atoms with van der Waals surface area (Å²) >= 11 is 1.07. The quantitative estimate of drug-likeness (QED) is 0.356. The van der Waals surface area contributed by atoms with Crippen LogP contribution in [0.2, 0.25) is 0 Å². The van der Waals surface area contributed by atoms with Gasteiger partial charge in [-0.15, -0.1) is 0 Å². The minimum absolute atomic E-state index is 0.119. The zero-order valence-corrected chi connectivity index (χ0v) is 17.0. The van der Waals surface area contributed by atoms with Crippen molar-refractivity contribution in [2.24, 2.45) is 0 Å². The maximum absolute atomic E-state index is 12.5. The molecule has 0 radical (unpaired) electrons. The molecule has 1 aliphatic heterocycles. The number of rotatable bonds is 5. The number of nitrogens with zero attached hydrogens (tertiary/aromatic N) is 3. The van der Waals surface area contributed by atoms with Crippen LogP contribution >= 0.6 is 11.8 Å². The third-order valence-corrected chi connectivity index (χ3v) is 5.53. The molecule has 1 aromatic heterocycles. The second kappa shape index (κ2) is 9.13. The van der Waals surface area contributed by atoms with E-state index in [-0.39, 0.29) is 16.4 Å². The minimum atomic E-state index is -1.63. The summed E-state index contributed by atoms with van der Waals surface area (Å²) in [6.07, 6.45) is -5.67. The largest absolute Gasteiger partial charge is 0.497 e. The predicted molar refractivity (Wildman–Crippen MR) is 106 cm³/mol. The molecule has 1 aliphatic rings. The molecule has 1 aromatic carbocycles. The first kappa shape index (κ1) is 22.2. The van der Waals surface area contributed by atoms with Crippen molar-refractivity contribution in [2.75, 3.05) is 20.0 Å². The Morgan fingerprint density at radius 3 is 2.43 bits per heavy atom. The standard InChI is InChI=1S/C19H21N3O7S/c1-28-10-5-3-9(4-6-10)13-11(7-20)17(27)21-19(30-2)22(13)18-16(26)15(25)14(24)12(8-23)29-18/h3-6,12,14-16,18,23-26H,8H2,1-2H3/t12-,14-,15+,16-,18-/m1/s1. The zero-order chi connectivity index (χ0) is 22.0. The van der Waals surface area contributed by atoms with Crippen LogP contribution in [-0.4, -0.2) is 74.4 Å².